The molecule has 0 aliphatic heterocycles. The Kier molecular flexibility index (Phi) is 3.99. The number of methoxy groups -OCH3 is 1. The molecule has 0 spiro atoms. The van der Waals surface area contributed by atoms with E-state index >= 15 is 0 Å². The van der Waals surface area contributed by atoms with Gasteiger partial charge in [0, 0.05) is 6.42 Å². The van der Waals surface area contributed by atoms with Crippen LogP contribution >= 0.6 is 0 Å². The minimum absolute atomic E-state index is 0.427. The summed E-state index contributed by atoms with van der Waals surface area (Å²) >= 11 is 0. The first kappa shape index (κ1) is 12.9. The lowest BCUT2D eigenvalue weighted by molar-refractivity contribution is -0.142. The summed E-state index contributed by atoms with van der Waals surface area (Å²) < 4.78 is 4.70. The number of ether oxygens (including phenoxy) is 1. The van der Waals surface area contributed by atoms with Crippen LogP contribution < -0.4 is 5.43 Å². The van der Waals surface area contributed by atoms with Crippen molar-refractivity contribution >= 4 is 16.7 Å². The highest BCUT2D eigenvalue weighted by Gasteiger charge is 2.22. The van der Waals surface area contributed by atoms with Crippen molar-refractivity contribution in [3.8, 4) is 0 Å². The number of hydrogen-bond acceptors (Lipinski definition) is 3. The molecule has 0 aliphatic rings. The molecule has 0 heterocycles. The fourth-order valence-corrected chi connectivity index (χ4v) is 2.09. The Balaban J connectivity index is 2.34. The number of nitrogens with one attached hydrogen (secondary N) is 1. The molecule has 2 rings (SSSR count). The average Bonchev–Trinajstić information content (AvgIpc) is 2.46. The van der Waals surface area contributed by atoms with Crippen LogP contribution in [0.3, 0.4) is 0 Å². The standard InChI is InChI=1S/C15H14N2O2/c1-16-17-14(15(18)19-2)10-12-8-5-7-11-6-3-4-9-13(11)12/h3-9,14,17H,10H2,2H3/t14-/m0/s1. The number of hydrogen-bond donors (Lipinski definition) is 1. The van der Waals surface area contributed by atoms with Gasteiger partial charge in [-0.3, -0.25) is 0 Å². The Bertz CT molecular complexity index is 626. The van der Waals surface area contributed by atoms with Crippen LogP contribution in [0.2, 0.25) is 0 Å². The van der Waals surface area contributed by atoms with Crippen molar-refractivity contribution in [1.29, 1.82) is 0 Å². The second-order valence-electron chi connectivity index (χ2n) is 4.16. The maximum atomic E-state index is 11.6. The summed E-state index contributed by atoms with van der Waals surface area (Å²) in [5, 5.41) is 2.21. The van der Waals surface area contributed by atoms with Gasteiger partial charge in [0.1, 0.15) is 0 Å². The highest BCUT2D eigenvalue weighted by Crippen LogP contribution is 2.20. The lowest BCUT2D eigenvalue weighted by Gasteiger charge is -2.11. The highest BCUT2D eigenvalue weighted by atomic mass is 16.5. The van der Waals surface area contributed by atoms with Gasteiger partial charge in [-0.25, -0.2) is 4.79 Å². The van der Waals surface area contributed by atoms with Gasteiger partial charge in [-0.05, 0) is 16.3 Å². The predicted molar refractivity (Wildman–Crippen MR) is 73.2 cm³/mol. The van der Waals surface area contributed by atoms with Crippen LogP contribution in [-0.4, -0.2) is 19.1 Å². The monoisotopic (exact) mass is 254 g/mol. The van der Waals surface area contributed by atoms with Crippen LogP contribution in [0.1, 0.15) is 5.56 Å². The number of benzene rings is 2. The number of esters is 1. The molecule has 4 nitrogen and oxygen atoms in total. The Hall–Kier alpha value is -2.54. The Labute approximate surface area is 111 Å². The molecule has 0 aromatic heterocycles. The zero-order valence-electron chi connectivity index (χ0n) is 10.6. The molecule has 0 radical (unpaired) electrons. The zero-order chi connectivity index (χ0) is 13.7. The smallest absolute Gasteiger partial charge is 0.335 e. The molecule has 2 aromatic carbocycles. The van der Waals surface area contributed by atoms with Gasteiger partial charge in [0.2, 0.25) is 0 Å². The number of fused-ring (bicyclic) bond motifs is 1. The van der Waals surface area contributed by atoms with Crippen LogP contribution in [0.15, 0.2) is 42.5 Å². The van der Waals surface area contributed by atoms with Gasteiger partial charge in [-0.1, -0.05) is 42.5 Å². The molecule has 96 valence electrons. The highest BCUT2D eigenvalue weighted by molar-refractivity contribution is 5.86. The molecule has 0 saturated heterocycles. The molecule has 0 unspecified atom stereocenters. The van der Waals surface area contributed by atoms with Crippen molar-refractivity contribution < 1.29 is 9.53 Å². The van der Waals surface area contributed by atoms with E-state index in [4.69, 9.17) is 11.3 Å². The maximum Gasteiger partial charge on any atom is 0.335 e. The molecule has 2 aromatic rings. The minimum Gasteiger partial charge on any atom is -0.467 e. The van der Waals surface area contributed by atoms with E-state index in [0.29, 0.717) is 6.42 Å². The van der Waals surface area contributed by atoms with Gasteiger partial charge in [0.25, 0.3) is 0 Å². The molecule has 0 saturated carbocycles. The summed E-state index contributed by atoms with van der Waals surface area (Å²) in [6.45, 7) is 6.84. The number of nitrogens with zero attached hydrogens (tertiary/aromatic N) is 1. The van der Waals surface area contributed by atoms with Crippen LogP contribution in [0.4, 0.5) is 0 Å². The first-order valence-electron chi connectivity index (χ1n) is 5.92. The quantitative estimate of drug-likeness (QED) is 0.517. The third-order valence-corrected chi connectivity index (χ3v) is 3.01. The fourth-order valence-electron chi connectivity index (χ4n) is 2.09. The Morgan fingerprint density at radius 2 is 2.05 bits per heavy atom. The third-order valence-electron chi connectivity index (χ3n) is 3.01. The van der Waals surface area contributed by atoms with Crippen LogP contribution in [0, 0.1) is 6.57 Å². The van der Waals surface area contributed by atoms with Crippen molar-refractivity contribution in [2.24, 2.45) is 0 Å². The van der Waals surface area contributed by atoms with Gasteiger partial charge in [0.15, 0.2) is 6.04 Å². The van der Waals surface area contributed by atoms with Crippen LogP contribution in [-0.2, 0) is 16.0 Å². The zero-order valence-corrected chi connectivity index (χ0v) is 10.6. The summed E-state index contributed by atoms with van der Waals surface area (Å²) in [6.07, 6.45) is 0.427. The summed E-state index contributed by atoms with van der Waals surface area (Å²) in [5.41, 5.74) is 3.48. The summed E-state index contributed by atoms with van der Waals surface area (Å²) in [7, 11) is 1.32. The summed E-state index contributed by atoms with van der Waals surface area (Å²) in [6, 6.07) is 13.3. The summed E-state index contributed by atoms with van der Waals surface area (Å²) in [4.78, 5) is 14.7. The van der Waals surface area contributed by atoms with E-state index in [-0.39, 0.29) is 0 Å². The van der Waals surface area contributed by atoms with E-state index in [1.165, 1.54) is 7.11 Å². The Morgan fingerprint density at radius 1 is 1.32 bits per heavy atom. The van der Waals surface area contributed by atoms with E-state index < -0.39 is 12.0 Å². The van der Waals surface area contributed by atoms with E-state index in [0.717, 1.165) is 16.3 Å². The molecular formula is C15H14N2O2. The van der Waals surface area contributed by atoms with Gasteiger partial charge in [-0.15, -0.1) is 5.43 Å². The number of rotatable bonds is 4. The van der Waals surface area contributed by atoms with Gasteiger partial charge < -0.3 is 4.74 Å². The van der Waals surface area contributed by atoms with Crippen molar-refractivity contribution in [1.82, 2.24) is 5.43 Å². The van der Waals surface area contributed by atoms with Gasteiger partial charge >= 0.3 is 5.97 Å². The van der Waals surface area contributed by atoms with Gasteiger partial charge in [0.05, 0.1) is 7.11 Å². The molecule has 1 atom stereocenters. The number of carbonyl (C=O) groups is 1. The van der Waals surface area contributed by atoms with Crippen LogP contribution in [0.5, 0.6) is 0 Å². The topological polar surface area (TPSA) is 42.7 Å². The third kappa shape index (κ3) is 2.83. The minimum atomic E-state index is -0.645. The molecule has 0 aliphatic carbocycles. The average molecular weight is 254 g/mol. The van der Waals surface area contributed by atoms with Crippen molar-refractivity contribution in [2.75, 3.05) is 7.11 Å². The largest absolute Gasteiger partial charge is 0.467 e. The van der Waals surface area contributed by atoms with Gasteiger partial charge in [-0.2, -0.15) is 11.5 Å². The normalized spacial score (nSPS) is 11.6. The molecule has 1 N–H and O–H groups in total. The SMILES string of the molecule is [C-]#[N+]N[C@@H](Cc1cccc2ccccc12)C(=O)OC. The maximum absolute atomic E-state index is 11.6. The fraction of sp³-hybridized carbons (Fsp3) is 0.200. The first-order valence-corrected chi connectivity index (χ1v) is 5.92. The molecule has 19 heavy (non-hydrogen) atoms. The van der Waals surface area contributed by atoms with E-state index in [2.05, 4.69) is 10.4 Å². The molecule has 0 bridgehead atoms. The first-order chi connectivity index (χ1) is 9.26. The lowest BCUT2D eigenvalue weighted by Crippen LogP contribution is -2.35. The Morgan fingerprint density at radius 3 is 2.79 bits per heavy atom. The molecular weight excluding hydrogens is 240 g/mol. The molecule has 4 heteroatoms. The van der Waals surface area contributed by atoms with Crippen molar-refractivity contribution in [3.05, 3.63) is 59.6 Å². The molecule has 0 amide bonds. The van der Waals surface area contributed by atoms with Crippen molar-refractivity contribution in [3.63, 3.8) is 0 Å². The van der Waals surface area contributed by atoms with E-state index in [1.807, 2.05) is 42.5 Å². The van der Waals surface area contributed by atoms with Crippen molar-refractivity contribution in [2.45, 2.75) is 12.5 Å². The summed E-state index contributed by atoms with van der Waals surface area (Å²) in [5.74, 6) is -0.427. The lowest BCUT2D eigenvalue weighted by atomic mass is 9.99. The van der Waals surface area contributed by atoms with E-state index in [1.54, 1.807) is 0 Å². The second-order valence-corrected chi connectivity index (χ2v) is 4.16. The van der Waals surface area contributed by atoms with Crippen LogP contribution in [0.25, 0.3) is 15.7 Å². The number of carbonyl (C=O) groups excluding carboxylic acids is 1. The molecule has 0 fully saturated rings. The second kappa shape index (κ2) is 5.87. The predicted octanol–water partition coefficient (Wildman–Crippen LogP) is 2.35. The van der Waals surface area contributed by atoms with E-state index in [9.17, 15) is 4.79 Å².